The highest BCUT2D eigenvalue weighted by atomic mass is 32.2. The molecule has 0 fully saturated rings. The molecule has 0 spiro atoms. The van der Waals surface area contributed by atoms with Crippen molar-refractivity contribution in [3.05, 3.63) is 0 Å². The van der Waals surface area contributed by atoms with Crippen molar-refractivity contribution >= 4 is 29.5 Å². The highest BCUT2D eigenvalue weighted by molar-refractivity contribution is 7.99. The molecule has 0 aliphatic carbocycles. The Bertz CT molecular complexity index is 307. The second-order valence-electron chi connectivity index (χ2n) is 3.60. The SMILES string of the molecule is CC(=O)C(N)(CCSCC(N)C(=O)O)C(=O)O. The maximum absolute atomic E-state index is 11.1. The highest BCUT2D eigenvalue weighted by Gasteiger charge is 2.38. The maximum atomic E-state index is 11.1. The van der Waals surface area contributed by atoms with E-state index in [0.29, 0.717) is 0 Å². The minimum atomic E-state index is -1.90. The van der Waals surface area contributed by atoms with Crippen LogP contribution >= 0.6 is 11.8 Å². The number of carbonyl (C=O) groups is 3. The molecule has 0 aliphatic heterocycles. The number of aliphatic carboxylic acids is 2. The van der Waals surface area contributed by atoms with Gasteiger partial charge < -0.3 is 21.7 Å². The van der Waals surface area contributed by atoms with Gasteiger partial charge in [-0.15, -0.1) is 0 Å². The number of hydrogen-bond donors (Lipinski definition) is 4. The van der Waals surface area contributed by atoms with Gasteiger partial charge in [-0.05, 0) is 19.1 Å². The van der Waals surface area contributed by atoms with E-state index in [1.807, 2.05) is 0 Å². The summed E-state index contributed by atoms with van der Waals surface area (Å²) in [5, 5.41) is 17.3. The van der Waals surface area contributed by atoms with Gasteiger partial charge in [-0.3, -0.25) is 9.59 Å². The van der Waals surface area contributed by atoms with Gasteiger partial charge in [0.1, 0.15) is 6.04 Å². The van der Waals surface area contributed by atoms with Crippen LogP contribution in [0.15, 0.2) is 0 Å². The molecule has 6 N–H and O–H groups in total. The van der Waals surface area contributed by atoms with Crippen LogP contribution in [0.5, 0.6) is 0 Å². The number of nitrogens with two attached hydrogens (primary N) is 2. The molecule has 0 aromatic heterocycles. The molecule has 0 rings (SSSR count). The monoisotopic (exact) mass is 264 g/mol. The number of rotatable bonds is 8. The van der Waals surface area contributed by atoms with Crippen LogP contribution < -0.4 is 11.5 Å². The Hall–Kier alpha value is -1.12. The summed E-state index contributed by atoms with van der Waals surface area (Å²) >= 11 is 1.15. The standard InChI is InChI=1S/C9H16N2O5S/c1-5(12)9(11,8(15)16)2-3-17-4-6(10)7(13)14/h6H,2-4,10-11H2,1H3,(H,13,14)(H,15,16). The van der Waals surface area contributed by atoms with Crippen LogP contribution in [0.1, 0.15) is 13.3 Å². The number of hydrogen-bond acceptors (Lipinski definition) is 6. The Morgan fingerprint density at radius 2 is 1.88 bits per heavy atom. The average molecular weight is 264 g/mol. The van der Waals surface area contributed by atoms with Crippen LogP contribution in [0, 0.1) is 0 Å². The zero-order valence-corrected chi connectivity index (χ0v) is 10.2. The maximum Gasteiger partial charge on any atom is 0.331 e. The minimum absolute atomic E-state index is 0.0608. The molecule has 7 nitrogen and oxygen atoms in total. The topological polar surface area (TPSA) is 144 Å². The highest BCUT2D eigenvalue weighted by Crippen LogP contribution is 2.14. The molecule has 0 radical (unpaired) electrons. The molecule has 0 bridgehead atoms. The van der Waals surface area contributed by atoms with Gasteiger partial charge in [0.15, 0.2) is 11.3 Å². The Morgan fingerprint density at radius 1 is 1.35 bits per heavy atom. The van der Waals surface area contributed by atoms with Gasteiger partial charge >= 0.3 is 11.9 Å². The molecular formula is C9H16N2O5S. The van der Waals surface area contributed by atoms with E-state index in [0.717, 1.165) is 18.7 Å². The molecule has 8 heteroatoms. The summed E-state index contributed by atoms with van der Waals surface area (Å²) < 4.78 is 0. The zero-order valence-electron chi connectivity index (χ0n) is 9.38. The van der Waals surface area contributed by atoms with Gasteiger partial charge in [-0.2, -0.15) is 11.8 Å². The van der Waals surface area contributed by atoms with Crippen molar-refractivity contribution in [3.63, 3.8) is 0 Å². The fourth-order valence-electron chi connectivity index (χ4n) is 0.948. The largest absolute Gasteiger partial charge is 0.480 e. The number of carboxylic acids is 2. The molecule has 0 saturated heterocycles. The summed E-state index contributed by atoms with van der Waals surface area (Å²) in [5.41, 5.74) is 8.80. The lowest BCUT2D eigenvalue weighted by atomic mass is 9.93. The van der Waals surface area contributed by atoms with Crippen LogP contribution in [0.4, 0.5) is 0 Å². The second-order valence-corrected chi connectivity index (χ2v) is 4.75. The van der Waals surface area contributed by atoms with Crippen LogP contribution in [0.25, 0.3) is 0 Å². The normalized spacial score (nSPS) is 15.9. The minimum Gasteiger partial charge on any atom is -0.480 e. The van der Waals surface area contributed by atoms with E-state index in [1.54, 1.807) is 0 Å². The fraction of sp³-hybridized carbons (Fsp3) is 0.667. The molecule has 0 heterocycles. The molecule has 98 valence electrons. The first-order valence-electron chi connectivity index (χ1n) is 4.81. The van der Waals surface area contributed by atoms with E-state index < -0.39 is 29.3 Å². The van der Waals surface area contributed by atoms with Gasteiger partial charge in [0.2, 0.25) is 0 Å². The number of carbonyl (C=O) groups excluding carboxylic acids is 1. The van der Waals surface area contributed by atoms with E-state index in [2.05, 4.69) is 0 Å². The van der Waals surface area contributed by atoms with E-state index >= 15 is 0 Å². The molecule has 0 amide bonds. The molecular weight excluding hydrogens is 248 g/mol. The lowest BCUT2D eigenvalue weighted by Crippen LogP contribution is -2.54. The van der Waals surface area contributed by atoms with E-state index in [4.69, 9.17) is 21.7 Å². The van der Waals surface area contributed by atoms with Crippen molar-refractivity contribution in [3.8, 4) is 0 Å². The summed E-state index contributed by atoms with van der Waals surface area (Å²) in [5.74, 6) is -2.74. The second kappa shape index (κ2) is 6.58. The molecule has 2 unspecified atom stereocenters. The number of thioether (sulfide) groups is 1. The van der Waals surface area contributed by atoms with Gasteiger partial charge in [-0.25, -0.2) is 4.79 Å². The molecule has 0 aromatic rings. The third kappa shape index (κ3) is 4.72. The van der Waals surface area contributed by atoms with E-state index in [9.17, 15) is 14.4 Å². The van der Waals surface area contributed by atoms with Crippen molar-refractivity contribution in [1.82, 2.24) is 0 Å². The summed E-state index contributed by atoms with van der Waals surface area (Å²) in [6.45, 7) is 1.11. The van der Waals surface area contributed by atoms with Gasteiger partial charge in [0.05, 0.1) is 0 Å². The summed E-state index contributed by atoms with van der Waals surface area (Å²) in [4.78, 5) is 32.3. The first kappa shape index (κ1) is 15.9. The zero-order chi connectivity index (χ0) is 13.6. The van der Waals surface area contributed by atoms with Crippen molar-refractivity contribution < 1.29 is 24.6 Å². The molecule has 0 saturated carbocycles. The van der Waals surface area contributed by atoms with Crippen LogP contribution in [0.3, 0.4) is 0 Å². The Balaban J connectivity index is 4.14. The van der Waals surface area contributed by atoms with Crippen LogP contribution in [-0.4, -0.2) is 51.0 Å². The average Bonchev–Trinajstić information content (AvgIpc) is 2.22. The number of Topliss-reactive ketones (excluding diaryl/α,β-unsaturated/α-hetero) is 1. The Labute approximate surface area is 103 Å². The van der Waals surface area contributed by atoms with E-state index in [1.165, 1.54) is 0 Å². The van der Waals surface area contributed by atoms with Crippen molar-refractivity contribution in [2.75, 3.05) is 11.5 Å². The first-order valence-corrected chi connectivity index (χ1v) is 5.96. The summed E-state index contributed by atoms with van der Waals surface area (Å²) in [6, 6.07) is -1.01. The van der Waals surface area contributed by atoms with Crippen LogP contribution in [-0.2, 0) is 14.4 Å². The summed E-state index contributed by atoms with van der Waals surface area (Å²) in [7, 11) is 0. The lowest BCUT2D eigenvalue weighted by Gasteiger charge is -2.21. The van der Waals surface area contributed by atoms with Gasteiger partial charge in [0, 0.05) is 5.75 Å². The third-order valence-electron chi connectivity index (χ3n) is 2.27. The lowest BCUT2D eigenvalue weighted by molar-refractivity contribution is -0.147. The third-order valence-corrected chi connectivity index (χ3v) is 3.35. The quantitative estimate of drug-likeness (QED) is 0.319. The molecule has 0 aliphatic rings. The predicted octanol–water partition coefficient (Wildman–Crippen LogP) is -1.11. The Morgan fingerprint density at radius 3 is 2.24 bits per heavy atom. The first-order chi connectivity index (χ1) is 7.71. The van der Waals surface area contributed by atoms with E-state index in [-0.39, 0.29) is 17.9 Å². The number of carboxylic acid groups (broad SMARTS) is 2. The van der Waals surface area contributed by atoms with Gasteiger partial charge in [-0.1, -0.05) is 0 Å². The molecule has 0 aromatic carbocycles. The van der Waals surface area contributed by atoms with Gasteiger partial charge in [0.25, 0.3) is 0 Å². The molecule has 17 heavy (non-hydrogen) atoms. The van der Waals surface area contributed by atoms with Crippen molar-refractivity contribution in [1.29, 1.82) is 0 Å². The summed E-state index contributed by atoms with van der Waals surface area (Å²) in [6.07, 6.45) is -0.0608. The smallest absolute Gasteiger partial charge is 0.331 e. The van der Waals surface area contributed by atoms with Crippen molar-refractivity contribution in [2.45, 2.75) is 24.9 Å². The molecule has 2 atom stereocenters. The fourth-order valence-corrected chi connectivity index (χ4v) is 1.98. The number of ketones is 1. The predicted molar refractivity (Wildman–Crippen MR) is 62.8 cm³/mol. The van der Waals surface area contributed by atoms with Crippen molar-refractivity contribution in [2.24, 2.45) is 11.5 Å². The van der Waals surface area contributed by atoms with Crippen LogP contribution in [0.2, 0.25) is 0 Å². The Kier molecular flexibility index (Phi) is 6.14.